The van der Waals surface area contributed by atoms with E-state index in [1.807, 2.05) is 42.5 Å². The second-order valence-electron chi connectivity index (χ2n) is 6.18. The van der Waals surface area contributed by atoms with E-state index in [0.717, 1.165) is 28.2 Å². The first kappa shape index (κ1) is 15.5. The van der Waals surface area contributed by atoms with Gasteiger partial charge in [0.05, 0.1) is 5.56 Å². The molecule has 0 spiro atoms. The molecular formula is C21H14N2O4. The van der Waals surface area contributed by atoms with Crippen molar-refractivity contribution in [2.24, 2.45) is 5.73 Å². The van der Waals surface area contributed by atoms with Crippen LogP contribution >= 0.6 is 0 Å². The van der Waals surface area contributed by atoms with Gasteiger partial charge in [0.2, 0.25) is 12.7 Å². The van der Waals surface area contributed by atoms with Crippen LogP contribution in [0.15, 0.2) is 65.1 Å². The highest BCUT2D eigenvalue weighted by molar-refractivity contribution is 6.03. The third-order valence-electron chi connectivity index (χ3n) is 4.52. The number of benzene rings is 3. The minimum Gasteiger partial charge on any atom is -0.454 e. The van der Waals surface area contributed by atoms with Crippen LogP contribution in [0.1, 0.15) is 10.4 Å². The number of hydrogen-bond donors (Lipinski definition) is 1. The lowest BCUT2D eigenvalue weighted by Crippen LogP contribution is -2.10. The zero-order chi connectivity index (χ0) is 18.4. The first-order chi connectivity index (χ1) is 13.2. The summed E-state index contributed by atoms with van der Waals surface area (Å²) in [4.78, 5) is 16.0. The van der Waals surface area contributed by atoms with Gasteiger partial charge in [0.15, 0.2) is 17.1 Å². The summed E-state index contributed by atoms with van der Waals surface area (Å²) >= 11 is 0. The van der Waals surface area contributed by atoms with Gasteiger partial charge in [-0.1, -0.05) is 24.3 Å². The lowest BCUT2D eigenvalue weighted by atomic mass is 10.0. The topological polar surface area (TPSA) is 87.6 Å². The second kappa shape index (κ2) is 5.88. The lowest BCUT2D eigenvalue weighted by molar-refractivity contribution is 0.100. The van der Waals surface area contributed by atoms with E-state index < -0.39 is 5.91 Å². The van der Waals surface area contributed by atoms with Gasteiger partial charge < -0.3 is 19.6 Å². The Hall–Kier alpha value is -3.80. The largest absolute Gasteiger partial charge is 0.454 e. The van der Waals surface area contributed by atoms with Crippen LogP contribution in [-0.4, -0.2) is 17.7 Å². The number of nitrogens with two attached hydrogens (primary N) is 1. The molecule has 6 heteroatoms. The molecule has 0 saturated carbocycles. The molecule has 1 aromatic heterocycles. The van der Waals surface area contributed by atoms with Crippen LogP contribution in [0.25, 0.3) is 33.7 Å². The van der Waals surface area contributed by atoms with Gasteiger partial charge in [-0.2, -0.15) is 0 Å². The molecule has 27 heavy (non-hydrogen) atoms. The summed E-state index contributed by atoms with van der Waals surface area (Å²) in [6.45, 7) is 0.253. The van der Waals surface area contributed by atoms with Gasteiger partial charge in [0.1, 0.15) is 5.52 Å². The van der Waals surface area contributed by atoms with Gasteiger partial charge in [0.25, 0.3) is 5.91 Å². The number of oxazole rings is 1. The molecule has 0 aliphatic carbocycles. The third kappa shape index (κ3) is 2.58. The Kier molecular flexibility index (Phi) is 3.36. The summed E-state index contributed by atoms with van der Waals surface area (Å²) in [7, 11) is 0. The van der Waals surface area contributed by atoms with Crippen molar-refractivity contribution in [3.63, 3.8) is 0 Å². The average Bonchev–Trinajstić information content (AvgIpc) is 3.33. The highest BCUT2D eigenvalue weighted by atomic mass is 16.7. The fourth-order valence-corrected chi connectivity index (χ4v) is 3.15. The van der Waals surface area contributed by atoms with Crippen molar-refractivity contribution in [1.29, 1.82) is 0 Å². The lowest BCUT2D eigenvalue weighted by Gasteiger charge is -2.04. The van der Waals surface area contributed by atoms with E-state index >= 15 is 0 Å². The molecule has 1 aliphatic heterocycles. The summed E-state index contributed by atoms with van der Waals surface area (Å²) < 4.78 is 16.6. The number of carbonyl (C=O) groups is 1. The second-order valence-corrected chi connectivity index (χ2v) is 6.18. The molecule has 0 atom stereocenters. The maximum Gasteiger partial charge on any atom is 0.252 e. The average molecular weight is 358 g/mol. The summed E-state index contributed by atoms with van der Waals surface area (Å²) in [5.74, 6) is 1.40. The van der Waals surface area contributed by atoms with Gasteiger partial charge in [-0.25, -0.2) is 4.98 Å². The van der Waals surface area contributed by atoms with Crippen LogP contribution in [0.3, 0.4) is 0 Å². The van der Waals surface area contributed by atoms with Crippen molar-refractivity contribution in [2.45, 2.75) is 0 Å². The van der Waals surface area contributed by atoms with Crippen LogP contribution in [0.4, 0.5) is 0 Å². The van der Waals surface area contributed by atoms with Crippen LogP contribution in [-0.2, 0) is 0 Å². The maximum absolute atomic E-state index is 11.6. The standard InChI is InChI=1S/C21H14N2O4/c22-20(24)15-2-1-3-16-19(15)27-21(23-16)13-6-4-12(5-7-13)14-8-9-17-18(10-14)26-11-25-17/h1-10H,11H2,(H2,22,24). The Morgan fingerprint density at radius 1 is 0.889 bits per heavy atom. The van der Waals surface area contributed by atoms with Gasteiger partial charge in [0, 0.05) is 5.56 Å². The normalized spacial score (nSPS) is 12.4. The van der Waals surface area contributed by atoms with Gasteiger partial charge in [-0.05, 0) is 47.5 Å². The van der Waals surface area contributed by atoms with Crippen molar-refractivity contribution in [3.8, 4) is 34.1 Å². The van der Waals surface area contributed by atoms with Crippen LogP contribution in [0.5, 0.6) is 11.5 Å². The molecule has 0 saturated heterocycles. The van der Waals surface area contributed by atoms with Crippen LogP contribution in [0, 0.1) is 0 Å². The quantitative estimate of drug-likeness (QED) is 0.598. The molecule has 4 aromatic rings. The number of para-hydroxylation sites is 1. The van der Waals surface area contributed by atoms with Crippen molar-refractivity contribution < 1.29 is 18.7 Å². The van der Waals surface area contributed by atoms with Gasteiger partial charge in [-0.3, -0.25) is 4.79 Å². The molecule has 2 heterocycles. The van der Waals surface area contributed by atoms with Crippen molar-refractivity contribution >= 4 is 17.0 Å². The molecule has 0 unspecified atom stereocenters. The number of rotatable bonds is 3. The Bertz CT molecular complexity index is 1180. The minimum atomic E-state index is -0.540. The summed E-state index contributed by atoms with van der Waals surface area (Å²) in [6.07, 6.45) is 0. The first-order valence-electron chi connectivity index (χ1n) is 8.39. The number of carbonyl (C=O) groups excluding carboxylic acids is 1. The number of ether oxygens (including phenoxy) is 2. The predicted octanol–water partition coefficient (Wildman–Crippen LogP) is 3.99. The van der Waals surface area contributed by atoms with E-state index in [0.29, 0.717) is 22.6 Å². The van der Waals surface area contributed by atoms with Crippen molar-refractivity contribution in [1.82, 2.24) is 4.98 Å². The minimum absolute atomic E-state index is 0.253. The highest BCUT2D eigenvalue weighted by Gasteiger charge is 2.16. The van der Waals surface area contributed by atoms with Crippen molar-refractivity contribution in [3.05, 3.63) is 66.2 Å². The third-order valence-corrected chi connectivity index (χ3v) is 4.52. The molecule has 0 fully saturated rings. The molecule has 5 rings (SSSR count). The SMILES string of the molecule is NC(=O)c1cccc2nc(-c3ccc(-c4ccc5c(c4)OCO5)cc3)oc12. The monoisotopic (exact) mass is 358 g/mol. The number of nitrogens with zero attached hydrogens (tertiary/aromatic N) is 1. The molecule has 6 nitrogen and oxygen atoms in total. The molecular weight excluding hydrogens is 344 g/mol. The number of amides is 1. The summed E-state index contributed by atoms with van der Waals surface area (Å²) in [5, 5.41) is 0. The molecule has 3 aromatic carbocycles. The van der Waals surface area contributed by atoms with E-state index in [4.69, 9.17) is 19.6 Å². The number of fused-ring (bicyclic) bond motifs is 2. The molecule has 1 amide bonds. The molecule has 132 valence electrons. The first-order valence-corrected chi connectivity index (χ1v) is 8.39. The summed E-state index contributed by atoms with van der Waals surface area (Å²) in [6, 6.07) is 18.8. The van der Waals surface area contributed by atoms with Gasteiger partial charge in [-0.15, -0.1) is 0 Å². The summed E-state index contributed by atoms with van der Waals surface area (Å²) in [5.41, 5.74) is 9.60. The fourth-order valence-electron chi connectivity index (χ4n) is 3.15. The van der Waals surface area contributed by atoms with Gasteiger partial charge >= 0.3 is 0 Å². The Balaban J connectivity index is 1.51. The number of primary amides is 1. The van der Waals surface area contributed by atoms with E-state index in [1.165, 1.54) is 0 Å². The van der Waals surface area contributed by atoms with Crippen molar-refractivity contribution in [2.75, 3.05) is 6.79 Å². The predicted molar refractivity (Wildman–Crippen MR) is 99.5 cm³/mol. The smallest absolute Gasteiger partial charge is 0.252 e. The van der Waals surface area contributed by atoms with E-state index in [2.05, 4.69) is 4.98 Å². The van der Waals surface area contributed by atoms with E-state index in [1.54, 1.807) is 18.2 Å². The van der Waals surface area contributed by atoms with Crippen LogP contribution in [0.2, 0.25) is 0 Å². The highest BCUT2D eigenvalue weighted by Crippen LogP contribution is 2.36. The molecule has 0 radical (unpaired) electrons. The zero-order valence-corrected chi connectivity index (χ0v) is 14.1. The maximum atomic E-state index is 11.6. The van der Waals surface area contributed by atoms with E-state index in [9.17, 15) is 4.79 Å². The Morgan fingerprint density at radius 3 is 2.44 bits per heavy atom. The Morgan fingerprint density at radius 2 is 1.63 bits per heavy atom. The molecule has 2 N–H and O–H groups in total. The molecule has 0 bridgehead atoms. The molecule has 1 aliphatic rings. The zero-order valence-electron chi connectivity index (χ0n) is 14.1. The Labute approximate surface area is 154 Å². The number of aromatic nitrogens is 1. The van der Waals surface area contributed by atoms with E-state index in [-0.39, 0.29) is 6.79 Å². The fraction of sp³-hybridized carbons (Fsp3) is 0.0476. The number of hydrogen-bond acceptors (Lipinski definition) is 5. The van der Waals surface area contributed by atoms with Crippen LogP contribution < -0.4 is 15.2 Å².